The quantitative estimate of drug-likeness (QED) is 0.864. The van der Waals surface area contributed by atoms with E-state index in [2.05, 4.69) is 0 Å². The van der Waals surface area contributed by atoms with Gasteiger partial charge in [0.1, 0.15) is 5.75 Å². The number of ether oxygens (including phenoxy) is 3. The van der Waals surface area contributed by atoms with Gasteiger partial charge in [0.15, 0.2) is 17.6 Å². The molecule has 0 amide bonds. The molecule has 2 atom stereocenters. The highest BCUT2D eigenvalue weighted by Gasteiger charge is 2.43. The Kier molecular flexibility index (Phi) is 7.08. The Labute approximate surface area is 126 Å². The molecule has 21 heavy (non-hydrogen) atoms. The maximum Gasteiger partial charge on any atom is 0.416 e. The highest BCUT2D eigenvalue weighted by molar-refractivity contribution is 5.85. The molecule has 0 aliphatic heterocycles. The smallest absolute Gasteiger partial charge is 0.416 e. The van der Waals surface area contributed by atoms with E-state index in [4.69, 9.17) is 19.9 Å². The number of benzene rings is 1. The van der Waals surface area contributed by atoms with Crippen LogP contribution in [-0.4, -0.2) is 38.7 Å². The van der Waals surface area contributed by atoms with E-state index < -0.39 is 18.3 Å². The first-order valence-corrected chi connectivity index (χ1v) is 5.56. The van der Waals surface area contributed by atoms with Crippen molar-refractivity contribution in [2.45, 2.75) is 18.3 Å². The average Bonchev–Trinajstić information content (AvgIpc) is 2.42. The Morgan fingerprint density at radius 1 is 1.00 bits per heavy atom. The number of alkyl halides is 3. The molecule has 0 heterocycles. The van der Waals surface area contributed by atoms with Crippen LogP contribution >= 0.6 is 12.4 Å². The maximum atomic E-state index is 12.5. The number of aliphatic hydroxyl groups excluding tert-OH is 1. The van der Waals surface area contributed by atoms with Crippen LogP contribution in [-0.2, 0) is 0 Å². The minimum Gasteiger partial charge on any atom is -0.496 e. The van der Waals surface area contributed by atoms with Crippen LogP contribution in [0.3, 0.4) is 0 Å². The molecular weight excluding hydrogens is 315 g/mol. The van der Waals surface area contributed by atoms with Gasteiger partial charge in [-0.2, -0.15) is 13.2 Å². The number of methoxy groups -OCH3 is 3. The van der Waals surface area contributed by atoms with Crippen molar-refractivity contribution in [1.82, 2.24) is 0 Å². The molecule has 0 aromatic heterocycles. The summed E-state index contributed by atoms with van der Waals surface area (Å²) in [7, 11) is 3.98. The minimum absolute atomic E-state index is 0. The van der Waals surface area contributed by atoms with Crippen molar-refractivity contribution in [3.63, 3.8) is 0 Å². The lowest BCUT2D eigenvalue weighted by Gasteiger charge is -2.24. The summed E-state index contributed by atoms with van der Waals surface area (Å²) in [6.45, 7) is 0. The van der Waals surface area contributed by atoms with E-state index in [1.165, 1.54) is 33.5 Å². The van der Waals surface area contributed by atoms with Crippen molar-refractivity contribution in [3.05, 3.63) is 17.7 Å². The number of nitrogens with two attached hydrogens (primary N) is 1. The first-order chi connectivity index (χ1) is 9.26. The normalized spacial score (nSPS) is 13.9. The molecule has 0 spiro atoms. The summed E-state index contributed by atoms with van der Waals surface area (Å²) >= 11 is 0. The van der Waals surface area contributed by atoms with Gasteiger partial charge in [0.05, 0.1) is 27.4 Å². The van der Waals surface area contributed by atoms with E-state index in [9.17, 15) is 18.3 Å². The predicted molar refractivity (Wildman–Crippen MR) is 72.3 cm³/mol. The molecule has 9 heteroatoms. The van der Waals surface area contributed by atoms with Crippen molar-refractivity contribution >= 4 is 12.4 Å². The Balaban J connectivity index is 0.00000400. The molecule has 0 unspecified atom stereocenters. The summed E-state index contributed by atoms with van der Waals surface area (Å²) in [4.78, 5) is 0. The zero-order chi connectivity index (χ0) is 15.5. The standard InChI is InChI=1S/C12H16F3NO4.ClH/c1-18-7-5-9(20-3)8(19-2)4-6(7)10(16)11(17)12(13,14)15;/h4-5,10-11,17H,16H2,1-3H3;1H/t10-,11-;/m0./s1. The Morgan fingerprint density at radius 3 is 1.81 bits per heavy atom. The maximum absolute atomic E-state index is 12.5. The van der Waals surface area contributed by atoms with Crippen LogP contribution in [0.1, 0.15) is 11.6 Å². The van der Waals surface area contributed by atoms with Crippen molar-refractivity contribution < 1.29 is 32.5 Å². The number of rotatable bonds is 5. The third kappa shape index (κ3) is 4.29. The largest absolute Gasteiger partial charge is 0.496 e. The second-order valence-electron chi connectivity index (χ2n) is 3.96. The zero-order valence-corrected chi connectivity index (χ0v) is 12.4. The van der Waals surface area contributed by atoms with Gasteiger partial charge in [0.2, 0.25) is 0 Å². The van der Waals surface area contributed by atoms with E-state index >= 15 is 0 Å². The second-order valence-corrected chi connectivity index (χ2v) is 3.96. The lowest BCUT2D eigenvalue weighted by atomic mass is 10.00. The number of halogens is 4. The fraction of sp³-hybridized carbons (Fsp3) is 0.500. The van der Waals surface area contributed by atoms with Crippen LogP contribution < -0.4 is 19.9 Å². The topological polar surface area (TPSA) is 73.9 Å². The molecule has 1 aromatic rings. The third-order valence-corrected chi connectivity index (χ3v) is 2.77. The van der Waals surface area contributed by atoms with Gasteiger partial charge in [-0.05, 0) is 6.07 Å². The molecule has 3 N–H and O–H groups in total. The summed E-state index contributed by atoms with van der Waals surface area (Å²) in [5.41, 5.74) is 5.44. The molecule has 0 fully saturated rings. The van der Waals surface area contributed by atoms with Gasteiger partial charge in [-0.15, -0.1) is 12.4 Å². The summed E-state index contributed by atoms with van der Waals surface area (Å²) in [6, 6.07) is 0.888. The van der Waals surface area contributed by atoms with Gasteiger partial charge < -0.3 is 25.1 Å². The zero-order valence-electron chi connectivity index (χ0n) is 11.6. The molecule has 5 nitrogen and oxygen atoms in total. The monoisotopic (exact) mass is 331 g/mol. The highest BCUT2D eigenvalue weighted by Crippen LogP contribution is 2.39. The van der Waals surface area contributed by atoms with E-state index in [1.807, 2.05) is 0 Å². The molecule has 0 saturated heterocycles. The van der Waals surface area contributed by atoms with Gasteiger partial charge in [-0.3, -0.25) is 0 Å². The van der Waals surface area contributed by atoms with Gasteiger partial charge in [0, 0.05) is 11.6 Å². The molecule has 0 aliphatic rings. The lowest BCUT2D eigenvalue weighted by Crippen LogP contribution is -2.39. The molecule has 122 valence electrons. The molecule has 0 saturated carbocycles. The minimum atomic E-state index is -4.84. The molecular formula is C12H17ClF3NO4. The SMILES string of the molecule is COc1cc(OC)c([C@H](N)[C@H](O)C(F)(F)F)cc1OC.Cl. The molecule has 0 aliphatic carbocycles. The van der Waals surface area contributed by atoms with Crippen molar-refractivity contribution in [2.24, 2.45) is 5.73 Å². The molecule has 1 rings (SSSR count). The number of hydrogen-bond acceptors (Lipinski definition) is 5. The fourth-order valence-corrected chi connectivity index (χ4v) is 1.69. The van der Waals surface area contributed by atoms with E-state index in [1.54, 1.807) is 0 Å². The highest BCUT2D eigenvalue weighted by atomic mass is 35.5. The van der Waals surface area contributed by atoms with Crippen molar-refractivity contribution in [2.75, 3.05) is 21.3 Å². The predicted octanol–water partition coefficient (Wildman–Crippen LogP) is 2.06. The van der Waals surface area contributed by atoms with E-state index in [-0.39, 0.29) is 35.2 Å². The summed E-state index contributed by atoms with van der Waals surface area (Å²) in [6.07, 6.45) is -7.55. The Morgan fingerprint density at radius 2 is 1.43 bits per heavy atom. The van der Waals surface area contributed by atoms with Crippen LogP contribution in [0.5, 0.6) is 17.2 Å². The van der Waals surface area contributed by atoms with E-state index in [0.29, 0.717) is 0 Å². The third-order valence-electron chi connectivity index (χ3n) is 2.77. The van der Waals surface area contributed by atoms with Crippen LogP contribution in [0, 0.1) is 0 Å². The Hall–Kier alpha value is -1.38. The Bertz CT molecular complexity index is 471. The van der Waals surface area contributed by atoms with Crippen molar-refractivity contribution in [1.29, 1.82) is 0 Å². The second kappa shape index (κ2) is 7.58. The summed E-state index contributed by atoms with van der Waals surface area (Å²) in [5, 5.41) is 9.24. The van der Waals surface area contributed by atoms with Gasteiger partial charge >= 0.3 is 6.18 Å². The number of aliphatic hydroxyl groups is 1. The van der Waals surface area contributed by atoms with Gasteiger partial charge in [-0.25, -0.2) is 0 Å². The molecule has 0 radical (unpaired) electrons. The summed E-state index contributed by atoms with van der Waals surface area (Å²) in [5.74, 6) is 0.536. The van der Waals surface area contributed by atoms with Crippen LogP contribution in [0.15, 0.2) is 12.1 Å². The van der Waals surface area contributed by atoms with Crippen LogP contribution in [0.25, 0.3) is 0 Å². The van der Waals surface area contributed by atoms with Gasteiger partial charge in [-0.1, -0.05) is 0 Å². The fourth-order valence-electron chi connectivity index (χ4n) is 1.69. The lowest BCUT2D eigenvalue weighted by molar-refractivity contribution is -0.210. The molecule has 0 bridgehead atoms. The average molecular weight is 332 g/mol. The van der Waals surface area contributed by atoms with Crippen molar-refractivity contribution in [3.8, 4) is 17.2 Å². The molecule has 1 aromatic carbocycles. The van der Waals surface area contributed by atoms with Crippen LogP contribution in [0.4, 0.5) is 13.2 Å². The first kappa shape index (κ1) is 19.6. The summed E-state index contributed by atoms with van der Waals surface area (Å²) < 4.78 is 52.5. The van der Waals surface area contributed by atoms with Gasteiger partial charge in [0.25, 0.3) is 0 Å². The first-order valence-electron chi connectivity index (χ1n) is 5.56. The van der Waals surface area contributed by atoms with Crippen LogP contribution in [0.2, 0.25) is 0 Å². The number of hydrogen-bond donors (Lipinski definition) is 2. The van der Waals surface area contributed by atoms with E-state index in [0.717, 1.165) is 0 Å².